The van der Waals surface area contributed by atoms with Crippen molar-refractivity contribution in [3.05, 3.63) is 35.4 Å². The fourth-order valence-electron chi connectivity index (χ4n) is 1.74. The molecular weight excluding hydrogens is 240 g/mol. The number of rotatable bonds is 2. The van der Waals surface area contributed by atoms with E-state index in [1.54, 1.807) is 18.2 Å². The average Bonchev–Trinajstić information content (AvgIpc) is 2.38. The number of nitrogens with two attached hydrogens (primary N) is 2. The third kappa shape index (κ3) is 2.43. The van der Waals surface area contributed by atoms with Gasteiger partial charge in [0.25, 0.3) is 0 Å². The molecule has 2 aromatic rings. The molecule has 1 heterocycles. The van der Waals surface area contributed by atoms with E-state index in [4.69, 9.17) is 22.0 Å². The molecule has 19 heavy (non-hydrogen) atoms. The highest BCUT2D eigenvalue weighted by atomic mass is 15.0. The Bertz CT molecular complexity index is 708. The third-order valence-electron chi connectivity index (χ3n) is 2.55. The zero-order valence-electron chi connectivity index (χ0n) is 9.96. The Morgan fingerprint density at radius 3 is 2.63 bits per heavy atom. The fourth-order valence-corrected chi connectivity index (χ4v) is 1.74. The molecule has 0 aliphatic heterocycles. The minimum absolute atomic E-state index is 0.0113. The van der Waals surface area contributed by atoms with Gasteiger partial charge in [0.15, 0.2) is 0 Å². The van der Waals surface area contributed by atoms with Crippen LogP contribution in [0.1, 0.15) is 11.1 Å². The second kappa shape index (κ2) is 5.03. The summed E-state index contributed by atoms with van der Waals surface area (Å²) in [6.45, 7) is 0. The predicted molar refractivity (Wildman–Crippen MR) is 70.3 cm³/mol. The normalized spacial score (nSPS) is 9.58. The quantitative estimate of drug-likeness (QED) is 0.825. The van der Waals surface area contributed by atoms with Gasteiger partial charge in [0.1, 0.15) is 17.5 Å². The van der Waals surface area contributed by atoms with Gasteiger partial charge in [0.05, 0.1) is 18.2 Å². The Hall–Kier alpha value is -3.12. The van der Waals surface area contributed by atoms with E-state index >= 15 is 0 Å². The van der Waals surface area contributed by atoms with Crippen LogP contribution in [-0.2, 0) is 6.42 Å². The van der Waals surface area contributed by atoms with Crippen molar-refractivity contribution in [3.8, 4) is 23.4 Å². The van der Waals surface area contributed by atoms with Gasteiger partial charge in [0.2, 0.25) is 5.95 Å². The van der Waals surface area contributed by atoms with Crippen LogP contribution in [0.4, 0.5) is 11.8 Å². The Kier molecular flexibility index (Phi) is 3.26. The molecule has 0 atom stereocenters. The van der Waals surface area contributed by atoms with E-state index in [0.29, 0.717) is 11.3 Å². The molecule has 0 saturated carbocycles. The average molecular weight is 250 g/mol. The summed E-state index contributed by atoms with van der Waals surface area (Å²) >= 11 is 0. The molecule has 0 radical (unpaired) electrons. The number of hydrogen-bond donors (Lipinski definition) is 2. The summed E-state index contributed by atoms with van der Waals surface area (Å²) in [5.74, 6) is 0.0628. The Balaban J connectivity index is 2.62. The van der Waals surface area contributed by atoms with Gasteiger partial charge in [-0.2, -0.15) is 15.5 Å². The maximum Gasteiger partial charge on any atom is 0.222 e. The van der Waals surface area contributed by atoms with E-state index in [9.17, 15) is 0 Å². The van der Waals surface area contributed by atoms with Crippen molar-refractivity contribution in [1.29, 1.82) is 10.5 Å². The molecule has 0 fully saturated rings. The number of hydrogen-bond acceptors (Lipinski definition) is 6. The molecule has 92 valence electrons. The van der Waals surface area contributed by atoms with Gasteiger partial charge in [-0.3, -0.25) is 0 Å². The van der Waals surface area contributed by atoms with Crippen LogP contribution in [-0.4, -0.2) is 9.97 Å². The molecule has 6 heteroatoms. The molecule has 0 spiro atoms. The third-order valence-corrected chi connectivity index (χ3v) is 2.55. The summed E-state index contributed by atoms with van der Waals surface area (Å²) in [6, 6.07) is 11.2. The molecule has 6 nitrogen and oxygen atoms in total. The first-order valence-electron chi connectivity index (χ1n) is 5.45. The number of anilines is 2. The zero-order chi connectivity index (χ0) is 13.8. The fraction of sp³-hybridized carbons (Fsp3) is 0.0769. The highest BCUT2D eigenvalue weighted by molar-refractivity contribution is 5.73. The standard InChI is InChI=1S/C13H10N6/c14-5-4-8-2-1-3-9(6-8)11-10(7-15)12(16)19-13(17)18-11/h1-3,6H,4H2,(H4,16,17,18,19). The lowest BCUT2D eigenvalue weighted by atomic mass is 10.0. The lowest BCUT2D eigenvalue weighted by Crippen LogP contribution is -2.05. The van der Waals surface area contributed by atoms with Crippen LogP contribution in [0, 0.1) is 22.7 Å². The highest BCUT2D eigenvalue weighted by Crippen LogP contribution is 2.25. The first-order chi connectivity index (χ1) is 9.15. The van der Waals surface area contributed by atoms with E-state index in [1.165, 1.54) is 0 Å². The van der Waals surface area contributed by atoms with Gasteiger partial charge in [-0.1, -0.05) is 18.2 Å². The van der Waals surface area contributed by atoms with Crippen LogP contribution in [0.2, 0.25) is 0 Å². The SMILES string of the molecule is N#CCc1cccc(-c2nc(N)nc(N)c2C#N)c1. The Labute approximate surface area is 109 Å². The van der Waals surface area contributed by atoms with Crippen molar-refractivity contribution in [2.45, 2.75) is 6.42 Å². The maximum absolute atomic E-state index is 9.12. The molecule has 0 bridgehead atoms. The van der Waals surface area contributed by atoms with Gasteiger partial charge in [-0.25, -0.2) is 4.98 Å². The minimum Gasteiger partial charge on any atom is -0.382 e. The summed E-state index contributed by atoms with van der Waals surface area (Å²) in [7, 11) is 0. The smallest absolute Gasteiger partial charge is 0.222 e. The van der Waals surface area contributed by atoms with Crippen molar-refractivity contribution in [2.24, 2.45) is 0 Å². The number of nitrogen functional groups attached to an aromatic ring is 2. The molecule has 1 aromatic heterocycles. The van der Waals surface area contributed by atoms with E-state index in [0.717, 1.165) is 5.56 Å². The first-order valence-corrected chi connectivity index (χ1v) is 5.45. The molecule has 2 rings (SSSR count). The van der Waals surface area contributed by atoms with Crippen molar-refractivity contribution >= 4 is 11.8 Å². The molecule has 4 N–H and O–H groups in total. The first kappa shape index (κ1) is 12.3. The number of nitrogens with zero attached hydrogens (tertiary/aromatic N) is 4. The second-order valence-corrected chi connectivity index (χ2v) is 3.84. The van der Waals surface area contributed by atoms with Gasteiger partial charge < -0.3 is 11.5 Å². The predicted octanol–water partition coefficient (Wildman–Crippen LogP) is 1.25. The lowest BCUT2D eigenvalue weighted by molar-refractivity contribution is 1.18. The van der Waals surface area contributed by atoms with Gasteiger partial charge in [-0.05, 0) is 11.6 Å². The van der Waals surface area contributed by atoms with Crippen LogP contribution >= 0.6 is 0 Å². The molecule has 1 aromatic carbocycles. The van der Waals surface area contributed by atoms with Gasteiger partial charge >= 0.3 is 0 Å². The summed E-state index contributed by atoms with van der Waals surface area (Å²) in [4.78, 5) is 7.82. The van der Waals surface area contributed by atoms with E-state index in [-0.39, 0.29) is 23.8 Å². The van der Waals surface area contributed by atoms with Gasteiger partial charge in [0, 0.05) is 5.56 Å². The summed E-state index contributed by atoms with van der Waals surface area (Å²) in [6.07, 6.45) is 0.284. The number of benzene rings is 1. The molecule has 0 unspecified atom stereocenters. The molecular formula is C13H10N6. The van der Waals surface area contributed by atoms with Crippen molar-refractivity contribution in [2.75, 3.05) is 11.5 Å². The monoisotopic (exact) mass is 250 g/mol. The molecule has 0 saturated heterocycles. The minimum atomic E-state index is 0.0113. The van der Waals surface area contributed by atoms with Gasteiger partial charge in [-0.15, -0.1) is 0 Å². The van der Waals surface area contributed by atoms with Crippen molar-refractivity contribution in [3.63, 3.8) is 0 Å². The van der Waals surface area contributed by atoms with Crippen molar-refractivity contribution < 1.29 is 0 Å². The topological polar surface area (TPSA) is 125 Å². The lowest BCUT2D eigenvalue weighted by Gasteiger charge is -2.07. The van der Waals surface area contributed by atoms with Crippen molar-refractivity contribution in [1.82, 2.24) is 9.97 Å². The number of aromatic nitrogens is 2. The van der Waals surface area contributed by atoms with Crippen LogP contribution in [0.3, 0.4) is 0 Å². The zero-order valence-corrected chi connectivity index (χ0v) is 9.96. The summed E-state index contributed by atoms with van der Waals surface area (Å²) < 4.78 is 0. The van der Waals surface area contributed by atoms with Crippen LogP contribution in [0.15, 0.2) is 24.3 Å². The Morgan fingerprint density at radius 2 is 1.95 bits per heavy atom. The molecule has 0 amide bonds. The van der Waals surface area contributed by atoms with E-state index < -0.39 is 0 Å². The molecule has 0 aliphatic rings. The highest BCUT2D eigenvalue weighted by Gasteiger charge is 2.13. The molecule has 0 aliphatic carbocycles. The van der Waals surface area contributed by atoms with Crippen LogP contribution in [0.5, 0.6) is 0 Å². The van der Waals surface area contributed by atoms with Crippen LogP contribution in [0.25, 0.3) is 11.3 Å². The maximum atomic E-state index is 9.12. The van der Waals surface area contributed by atoms with E-state index in [2.05, 4.69) is 16.0 Å². The largest absolute Gasteiger partial charge is 0.382 e. The number of nitriles is 2. The Morgan fingerprint density at radius 1 is 1.16 bits per heavy atom. The van der Waals surface area contributed by atoms with E-state index in [1.807, 2.05) is 12.1 Å². The summed E-state index contributed by atoms with van der Waals surface area (Å²) in [5, 5.41) is 17.8. The van der Waals surface area contributed by atoms with Crippen LogP contribution < -0.4 is 11.5 Å². The summed E-state index contributed by atoms with van der Waals surface area (Å²) in [5.41, 5.74) is 13.3. The second-order valence-electron chi connectivity index (χ2n) is 3.84.